The minimum Gasteiger partial charge on any atom is -0.497 e. The van der Waals surface area contributed by atoms with Crippen LogP contribution in [0.15, 0.2) is 36.4 Å². The average Bonchev–Trinajstić information content (AvgIpc) is 3.17. The number of hydrogen-bond donors (Lipinski definition) is 1. The van der Waals surface area contributed by atoms with Gasteiger partial charge in [-0.15, -0.1) is 0 Å². The SMILES string of the molecule is COc1ccc(OC)c(C(=O)Nc2c(F)cccc2N2CCCC2)c1. The van der Waals surface area contributed by atoms with Gasteiger partial charge in [-0.25, -0.2) is 4.39 Å². The molecule has 2 aromatic carbocycles. The van der Waals surface area contributed by atoms with Crippen molar-refractivity contribution in [1.82, 2.24) is 0 Å². The quantitative estimate of drug-likeness (QED) is 0.899. The monoisotopic (exact) mass is 344 g/mol. The van der Waals surface area contributed by atoms with E-state index >= 15 is 0 Å². The molecular weight excluding hydrogens is 323 g/mol. The number of benzene rings is 2. The highest BCUT2D eigenvalue weighted by atomic mass is 19.1. The van der Waals surface area contributed by atoms with Crippen LogP contribution in [0.2, 0.25) is 0 Å². The van der Waals surface area contributed by atoms with Gasteiger partial charge in [0.2, 0.25) is 0 Å². The topological polar surface area (TPSA) is 50.8 Å². The first kappa shape index (κ1) is 17.1. The van der Waals surface area contributed by atoms with Crippen LogP contribution >= 0.6 is 0 Å². The molecule has 1 saturated heterocycles. The Balaban J connectivity index is 1.94. The Morgan fingerprint density at radius 2 is 1.88 bits per heavy atom. The van der Waals surface area contributed by atoms with Gasteiger partial charge in [-0.2, -0.15) is 0 Å². The Labute approximate surface area is 146 Å². The highest BCUT2D eigenvalue weighted by Gasteiger charge is 2.21. The van der Waals surface area contributed by atoms with Gasteiger partial charge < -0.3 is 19.7 Å². The molecule has 1 aliphatic heterocycles. The van der Waals surface area contributed by atoms with Crippen LogP contribution in [0, 0.1) is 5.82 Å². The molecule has 5 nitrogen and oxygen atoms in total. The minimum absolute atomic E-state index is 0.194. The molecule has 1 aliphatic rings. The van der Waals surface area contributed by atoms with Gasteiger partial charge in [0.05, 0.1) is 25.5 Å². The van der Waals surface area contributed by atoms with Crippen molar-refractivity contribution in [3.8, 4) is 11.5 Å². The maximum atomic E-state index is 14.4. The summed E-state index contributed by atoms with van der Waals surface area (Å²) in [5.74, 6) is 0.0255. The molecule has 0 bridgehead atoms. The highest BCUT2D eigenvalue weighted by Crippen LogP contribution is 2.32. The van der Waals surface area contributed by atoms with Crippen LogP contribution in [0.5, 0.6) is 11.5 Å². The predicted molar refractivity (Wildman–Crippen MR) is 95.3 cm³/mol. The Bertz CT molecular complexity index is 773. The zero-order valence-corrected chi connectivity index (χ0v) is 14.3. The van der Waals surface area contributed by atoms with E-state index < -0.39 is 11.7 Å². The van der Waals surface area contributed by atoms with Crippen LogP contribution in [-0.2, 0) is 0 Å². The summed E-state index contributed by atoms with van der Waals surface area (Å²) in [5, 5.41) is 2.71. The molecule has 132 valence electrons. The molecule has 0 unspecified atom stereocenters. The smallest absolute Gasteiger partial charge is 0.259 e. The number of methoxy groups -OCH3 is 2. The van der Waals surface area contributed by atoms with Crippen LogP contribution < -0.4 is 19.7 Å². The Morgan fingerprint density at radius 3 is 2.56 bits per heavy atom. The third kappa shape index (κ3) is 3.52. The zero-order valence-electron chi connectivity index (χ0n) is 14.3. The first-order valence-corrected chi connectivity index (χ1v) is 8.21. The van der Waals surface area contributed by atoms with Crippen LogP contribution in [0.25, 0.3) is 0 Å². The van der Waals surface area contributed by atoms with Gasteiger partial charge in [0.25, 0.3) is 5.91 Å². The second kappa shape index (κ2) is 7.42. The fourth-order valence-electron chi connectivity index (χ4n) is 3.03. The van der Waals surface area contributed by atoms with Crippen molar-refractivity contribution in [2.75, 3.05) is 37.5 Å². The fraction of sp³-hybridized carbons (Fsp3) is 0.316. The fourth-order valence-corrected chi connectivity index (χ4v) is 3.03. The molecule has 1 N–H and O–H groups in total. The molecule has 0 aliphatic carbocycles. The van der Waals surface area contributed by atoms with Gasteiger partial charge >= 0.3 is 0 Å². The van der Waals surface area contributed by atoms with E-state index in [-0.39, 0.29) is 11.3 Å². The van der Waals surface area contributed by atoms with Gasteiger partial charge in [-0.3, -0.25) is 4.79 Å². The molecular formula is C19H21FN2O3. The number of carbonyl (C=O) groups excluding carboxylic acids is 1. The first-order valence-electron chi connectivity index (χ1n) is 8.21. The van der Waals surface area contributed by atoms with Crippen LogP contribution in [0.3, 0.4) is 0 Å². The van der Waals surface area contributed by atoms with Crippen molar-refractivity contribution in [1.29, 1.82) is 0 Å². The lowest BCUT2D eigenvalue weighted by atomic mass is 10.1. The van der Waals surface area contributed by atoms with Gasteiger partial charge in [0.1, 0.15) is 23.0 Å². The lowest BCUT2D eigenvalue weighted by Crippen LogP contribution is -2.22. The molecule has 0 spiro atoms. The molecule has 25 heavy (non-hydrogen) atoms. The van der Waals surface area contributed by atoms with Crippen molar-refractivity contribution >= 4 is 17.3 Å². The molecule has 6 heteroatoms. The van der Waals surface area contributed by atoms with Gasteiger partial charge in [0.15, 0.2) is 0 Å². The summed E-state index contributed by atoms with van der Waals surface area (Å²) < 4.78 is 24.8. The number of halogens is 1. The van der Waals surface area contributed by atoms with Crippen LogP contribution in [0.1, 0.15) is 23.2 Å². The number of anilines is 2. The second-order valence-electron chi connectivity index (χ2n) is 5.85. The van der Waals surface area contributed by atoms with Gasteiger partial charge in [-0.1, -0.05) is 6.07 Å². The summed E-state index contributed by atoms with van der Waals surface area (Å²) in [6.45, 7) is 1.71. The molecule has 1 fully saturated rings. The third-order valence-corrected chi connectivity index (χ3v) is 4.33. The Kier molecular flexibility index (Phi) is 5.07. The van der Waals surface area contributed by atoms with E-state index in [0.717, 1.165) is 25.9 Å². The van der Waals surface area contributed by atoms with Gasteiger partial charge in [-0.05, 0) is 43.2 Å². The Hall–Kier alpha value is -2.76. The van der Waals surface area contributed by atoms with Crippen molar-refractivity contribution in [2.45, 2.75) is 12.8 Å². The number of rotatable bonds is 5. The number of amides is 1. The largest absolute Gasteiger partial charge is 0.497 e. The lowest BCUT2D eigenvalue weighted by molar-refractivity contribution is 0.102. The van der Waals surface area contributed by atoms with Crippen molar-refractivity contribution in [2.24, 2.45) is 0 Å². The van der Waals surface area contributed by atoms with E-state index in [1.165, 1.54) is 20.3 Å². The summed E-state index contributed by atoms with van der Waals surface area (Å²) in [5.41, 5.74) is 1.18. The summed E-state index contributed by atoms with van der Waals surface area (Å²) in [6.07, 6.45) is 2.13. The maximum Gasteiger partial charge on any atom is 0.259 e. The van der Waals surface area contributed by atoms with Crippen molar-refractivity contribution < 1.29 is 18.7 Å². The highest BCUT2D eigenvalue weighted by molar-refractivity contribution is 6.08. The Morgan fingerprint density at radius 1 is 1.12 bits per heavy atom. The van der Waals surface area contributed by atoms with E-state index in [9.17, 15) is 9.18 Å². The predicted octanol–water partition coefficient (Wildman–Crippen LogP) is 3.70. The molecule has 0 atom stereocenters. The number of nitrogens with zero attached hydrogens (tertiary/aromatic N) is 1. The molecule has 2 aromatic rings. The standard InChI is InChI=1S/C19H21FN2O3/c1-24-13-8-9-17(25-2)14(12-13)19(23)21-18-15(20)6-5-7-16(18)22-10-3-4-11-22/h5-9,12H,3-4,10-11H2,1-2H3,(H,21,23). The van der Waals surface area contributed by atoms with E-state index in [1.807, 2.05) is 6.07 Å². The summed E-state index contributed by atoms with van der Waals surface area (Å²) in [6, 6.07) is 9.75. The molecule has 0 radical (unpaired) electrons. The molecule has 1 amide bonds. The normalized spacial score (nSPS) is 13.6. The summed E-state index contributed by atoms with van der Waals surface area (Å²) >= 11 is 0. The molecule has 1 heterocycles. The van der Waals surface area contributed by atoms with E-state index in [0.29, 0.717) is 17.2 Å². The summed E-state index contributed by atoms with van der Waals surface area (Å²) in [4.78, 5) is 14.8. The average molecular weight is 344 g/mol. The number of carbonyl (C=O) groups is 1. The molecule has 0 aromatic heterocycles. The molecule has 3 rings (SSSR count). The van der Waals surface area contributed by atoms with E-state index in [1.54, 1.807) is 24.3 Å². The number of para-hydroxylation sites is 1. The lowest BCUT2D eigenvalue weighted by Gasteiger charge is -2.22. The maximum absolute atomic E-state index is 14.4. The number of hydrogen-bond acceptors (Lipinski definition) is 4. The summed E-state index contributed by atoms with van der Waals surface area (Å²) in [7, 11) is 3.00. The minimum atomic E-state index is -0.459. The second-order valence-corrected chi connectivity index (χ2v) is 5.85. The van der Waals surface area contributed by atoms with E-state index in [4.69, 9.17) is 9.47 Å². The van der Waals surface area contributed by atoms with Crippen LogP contribution in [-0.4, -0.2) is 33.2 Å². The first-order chi connectivity index (χ1) is 12.1. The van der Waals surface area contributed by atoms with Gasteiger partial charge in [0, 0.05) is 13.1 Å². The van der Waals surface area contributed by atoms with Crippen LogP contribution in [0.4, 0.5) is 15.8 Å². The number of nitrogens with one attached hydrogen (secondary N) is 1. The number of ether oxygens (including phenoxy) is 2. The molecule has 0 saturated carbocycles. The zero-order chi connectivity index (χ0) is 17.8. The third-order valence-electron chi connectivity index (χ3n) is 4.33. The van der Waals surface area contributed by atoms with E-state index in [2.05, 4.69) is 10.2 Å². The van der Waals surface area contributed by atoms with Crippen molar-refractivity contribution in [3.05, 3.63) is 47.8 Å². The van der Waals surface area contributed by atoms with Crippen molar-refractivity contribution in [3.63, 3.8) is 0 Å².